The average Bonchev–Trinajstić information content (AvgIpc) is 2.88. The van der Waals surface area contributed by atoms with Crippen molar-refractivity contribution in [2.45, 2.75) is 38.8 Å². The van der Waals surface area contributed by atoms with Gasteiger partial charge in [0.1, 0.15) is 11.4 Å². The Morgan fingerprint density at radius 2 is 2.25 bits per heavy atom. The van der Waals surface area contributed by atoms with Crippen LogP contribution in [0.2, 0.25) is 0 Å². The molecule has 0 radical (unpaired) electrons. The minimum Gasteiger partial charge on any atom is -0.382 e. The van der Waals surface area contributed by atoms with Crippen LogP contribution in [0.3, 0.4) is 0 Å². The van der Waals surface area contributed by atoms with Crippen LogP contribution in [0.4, 0.5) is 0 Å². The first-order valence-corrected chi connectivity index (χ1v) is 8.49. The van der Waals surface area contributed by atoms with Crippen molar-refractivity contribution in [2.75, 3.05) is 47.5 Å². The van der Waals surface area contributed by atoms with E-state index < -0.39 is 5.60 Å². The summed E-state index contributed by atoms with van der Waals surface area (Å²) in [4.78, 5) is 24.1. The van der Waals surface area contributed by atoms with E-state index >= 15 is 0 Å². The van der Waals surface area contributed by atoms with Crippen molar-refractivity contribution in [3.8, 4) is 0 Å². The Morgan fingerprint density at radius 1 is 1.50 bits per heavy atom. The van der Waals surface area contributed by atoms with E-state index in [0.717, 1.165) is 36.7 Å². The minimum absolute atomic E-state index is 0.0538. The van der Waals surface area contributed by atoms with Crippen LogP contribution in [0.1, 0.15) is 30.6 Å². The minimum atomic E-state index is -0.591. The van der Waals surface area contributed by atoms with E-state index in [4.69, 9.17) is 9.47 Å². The summed E-state index contributed by atoms with van der Waals surface area (Å²) in [6.45, 7) is 7.39. The second-order valence-electron chi connectivity index (χ2n) is 6.75. The summed E-state index contributed by atoms with van der Waals surface area (Å²) >= 11 is 0. The third kappa shape index (κ3) is 4.55. The van der Waals surface area contributed by atoms with Crippen LogP contribution in [0.15, 0.2) is 0 Å². The van der Waals surface area contributed by atoms with Gasteiger partial charge in [0.15, 0.2) is 0 Å². The van der Waals surface area contributed by atoms with Gasteiger partial charge in [-0.1, -0.05) is 6.92 Å². The summed E-state index contributed by atoms with van der Waals surface area (Å²) in [6, 6.07) is 0. The Hall–Kier alpha value is -1.44. The summed E-state index contributed by atoms with van der Waals surface area (Å²) in [7, 11) is 5.18. The monoisotopic (exact) mass is 338 g/mol. The summed E-state index contributed by atoms with van der Waals surface area (Å²) in [5.41, 5.74) is 1.59. The Labute approximate surface area is 144 Å². The maximum absolute atomic E-state index is 12.2. The topological polar surface area (TPSA) is 70.7 Å². The highest BCUT2D eigenvalue weighted by atomic mass is 16.5. The van der Waals surface area contributed by atoms with Crippen LogP contribution < -0.4 is 0 Å². The third-order valence-electron chi connectivity index (χ3n) is 4.45. The number of aromatic amines is 1. The Morgan fingerprint density at radius 3 is 2.83 bits per heavy atom. The molecule has 0 saturated carbocycles. The molecule has 2 heterocycles. The lowest BCUT2D eigenvalue weighted by Gasteiger charge is -2.42. The fourth-order valence-electron chi connectivity index (χ4n) is 3.10. The van der Waals surface area contributed by atoms with Crippen molar-refractivity contribution >= 4 is 5.91 Å². The van der Waals surface area contributed by atoms with Gasteiger partial charge < -0.3 is 19.4 Å². The number of hydrogen-bond acceptors (Lipinski definition) is 5. The van der Waals surface area contributed by atoms with E-state index in [1.54, 1.807) is 26.1 Å². The number of aryl methyl sites for hydroxylation is 2. The first-order chi connectivity index (χ1) is 11.4. The lowest BCUT2D eigenvalue weighted by atomic mass is 9.97. The van der Waals surface area contributed by atoms with E-state index in [1.807, 2.05) is 0 Å². The molecule has 1 saturated heterocycles. The number of morpholine rings is 1. The number of amides is 1. The predicted octanol–water partition coefficient (Wildman–Crippen LogP) is 0.976. The lowest BCUT2D eigenvalue weighted by Crippen LogP contribution is -2.55. The van der Waals surface area contributed by atoms with Gasteiger partial charge >= 0.3 is 0 Å². The SMILES string of the molecule is CCc1nc(CN2CCOC(COC)(CC(=O)N(C)C)C2)c(C)[nH]1. The molecule has 0 aliphatic carbocycles. The lowest BCUT2D eigenvalue weighted by molar-refractivity contribution is -0.160. The van der Waals surface area contributed by atoms with E-state index in [-0.39, 0.29) is 5.91 Å². The van der Waals surface area contributed by atoms with Crippen LogP contribution in [0, 0.1) is 6.92 Å². The van der Waals surface area contributed by atoms with Crippen LogP contribution in [0.5, 0.6) is 0 Å². The van der Waals surface area contributed by atoms with Crippen LogP contribution in [-0.4, -0.2) is 78.8 Å². The van der Waals surface area contributed by atoms with Gasteiger partial charge in [0.2, 0.25) is 5.91 Å². The molecule has 1 aliphatic rings. The number of methoxy groups -OCH3 is 1. The highest BCUT2D eigenvalue weighted by Gasteiger charge is 2.39. The zero-order valence-corrected chi connectivity index (χ0v) is 15.5. The molecule has 1 fully saturated rings. The fourth-order valence-corrected chi connectivity index (χ4v) is 3.10. The van der Waals surface area contributed by atoms with Gasteiger partial charge in [-0.15, -0.1) is 0 Å². The first-order valence-electron chi connectivity index (χ1n) is 8.49. The standard InChI is InChI=1S/C17H30N4O3/c1-6-15-18-13(2)14(19-15)10-21-7-8-24-17(11-21,12-23-5)9-16(22)20(3)4/h6-12H2,1-5H3,(H,18,19). The second kappa shape index (κ2) is 8.09. The number of rotatable bonds is 7. The van der Waals surface area contributed by atoms with Crippen molar-refractivity contribution in [3.63, 3.8) is 0 Å². The molecule has 1 unspecified atom stereocenters. The van der Waals surface area contributed by atoms with Crippen molar-refractivity contribution in [1.29, 1.82) is 0 Å². The number of nitrogens with one attached hydrogen (secondary N) is 1. The molecule has 7 nitrogen and oxygen atoms in total. The second-order valence-corrected chi connectivity index (χ2v) is 6.75. The molecule has 24 heavy (non-hydrogen) atoms. The van der Waals surface area contributed by atoms with Crippen LogP contribution >= 0.6 is 0 Å². The zero-order chi connectivity index (χ0) is 17.7. The molecule has 0 spiro atoms. The predicted molar refractivity (Wildman–Crippen MR) is 91.8 cm³/mol. The fraction of sp³-hybridized carbons (Fsp3) is 0.765. The van der Waals surface area contributed by atoms with Gasteiger partial charge in [-0.3, -0.25) is 9.69 Å². The molecular formula is C17H30N4O3. The molecule has 2 rings (SSSR count). The van der Waals surface area contributed by atoms with Crippen molar-refractivity contribution < 1.29 is 14.3 Å². The number of imidazole rings is 1. The molecule has 1 N–H and O–H groups in total. The van der Waals surface area contributed by atoms with Gasteiger partial charge in [0.05, 0.1) is 25.3 Å². The van der Waals surface area contributed by atoms with Gasteiger partial charge in [0.25, 0.3) is 0 Å². The highest BCUT2D eigenvalue weighted by molar-refractivity contribution is 5.76. The summed E-state index contributed by atoms with van der Waals surface area (Å²) < 4.78 is 11.4. The van der Waals surface area contributed by atoms with E-state index in [1.165, 1.54) is 0 Å². The normalized spacial score (nSPS) is 21.9. The third-order valence-corrected chi connectivity index (χ3v) is 4.45. The molecule has 1 aromatic rings. The molecule has 1 aromatic heterocycles. The van der Waals surface area contributed by atoms with Crippen LogP contribution in [0.25, 0.3) is 0 Å². The molecular weight excluding hydrogens is 308 g/mol. The van der Waals surface area contributed by atoms with E-state index in [9.17, 15) is 4.79 Å². The maximum atomic E-state index is 12.2. The molecule has 0 aromatic carbocycles. The Bertz CT molecular complexity index is 554. The number of nitrogens with zero attached hydrogens (tertiary/aromatic N) is 3. The number of H-pyrrole nitrogens is 1. The van der Waals surface area contributed by atoms with Gasteiger partial charge in [0, 0.05) is 53.0 Å². The molecule has 1 atom stereocenters. The summed E-state index contributed by atoms with van der Waals surface area (Å²) in [5, 5.41) is 0. The van der Waals surface area contributed by atoms with Crippen molar-refractivity contribution in [3.05, 3.63) is 17.2 Å². The molecule has 7 heteroatoms. The molecule has 1 aliphatic heterocycles. The molecule has 1 amide bonds. The number of hydrogen-bond donors (Lipinski definition) is 1. The summed E-state index contributed by atoms with van der Waals surface area (Å²) in [6.07, 6.45) is 1.22. The highest BCUT2D eigenvalue weighted by Crippen LogP contribution is 2.25. The quantitative estimate of drug-likeness (QED) is 0.802. The Kier molecular flexibility index (Phi) is 6.37. The number of carbonyl (C=O) groups excluding carboxylic acids is 1. The first kappa shape index (κ1) is 18.9. The van der Waals surface area contributed by atoms with E-state index in [2.05, 4.69) is 28.7 Å². The zero-order valence-electron chi connectivity index (χ0n) is 15.5. The number of aromatic nitrogens is 2. The largest absolute Gasteiger partial charge is 0.382 e. The maximum Gasteiger partial charge on any atom is 0.225 e. The smallest absolute Gasteiger partial charge is 0.225 e. The van der Waals surface area contributed by atoms with Crippen LogP contribution in [-0.2, 0) is 27.2 Å². The van der Waals surface area contributed by atoms with Crippen molar-refractivity contribution in [1.82, 2.24) is 19.8 Å². The summed E-state index contributed by atoms with van der Waals surface area (Å²) in [5.74, 6) is 1.07. The van der Waals surface area contributed by atoms with E-state index in [0.29, 0.717) is 26.2 Å². The van der Waals surface area contributed by atoms with Crippen molar-refractivity contribution in [2.24, 2.45) is 0 Å². The number of ether oxygens (including phenoxy) is 2. The molecule has 136 valence electrons. The molecule has 0 bridgehead atoms. The van der Waals surface area contributed by atoms with Gasteiger partial charge in [-0.05, 0) is 6.92 Å². The average molecular weight is 338 g/mol. The van der Waals surface area contributed by atoms with Gasteiger partial charge in [-0.2, -0.15) is 0 Å². The number of carbonyl (C=O) groups is 1. The van der Waals surface area contributed by atoms with Gasteiger partial charge in [-0.25, -0.2) is 4.98 Å². The Balaban J connectivity index is 2.09.